The van der Waals surface area contributed by atoms with Gasteiger partial charge in [-0.05, 0) is 41.4 Å². The minimum absolute atomic E-state index is 0.0300. The SMILES string of the molecule is C[C@@H](C(F)F)N1CCc2c(nn(Cc3c(F)cccc3F)c2Br)C1=O. The fourth-order valence-electron chi connectivity index (χ4n) is 2.80. The number of carbonyl (C=O) groups excluding carboxylic acids is 1. The molecular formula is C16H14BrF4N3O. The number of amides is 1. The molecule has 2 aromatic rings. The van der Waals surface area contributed by atoms with Crippen LogP contribution in [0.25, 0.3) is 0 Å². The number of hydrogen-bond donors (Lipinski definition) is 0. The molecule has 0 spiro atoms. The molecule has 9 heteroatoms. The van der Waals surface area contributed by atoms with E-state index in [9.17, 15) is 22.4 Å². The highest BCUT2D eigenvalue weighted by atomic mass is 79.9. The summed E-state index contributed by atoms with van der Waals surface area (Å²) < 4.78 is 55.2. The Kier molecular flexibility index (Phi) is 4.86. The van der Waals surface area contributed by atoms with Gasteiger partial charge in [0.15, 0.2) is 5.69 Å². The number of rotatable bonds is 4. The van der Waals surface area contributed by atoms with Crippen LogP contribution in [0.15, 0.2) is 22.8 Å². The first-order chi connectivity index (χ1) is 11.8. The summed E-state index contributed by atoms with van der Waals surface area (Å²) in [6, 6.07) is 2.29. The lowest BCUT2D eigenvalue weighted by Gasteiger charge is -2.31. The van der Waals surface area contributed by atoms with Crippen LogP contribution in [0.5, 0.6) is 0 Å². The number of benzene rings is 1. The second-order valence-corrected chi connectivity index (χ2v) is 6.55. The second-order valence-electron chi connectivity index (χ2n) is 5.80. The van der Waals surface area contributed by atoms with Crippen molar-refractivity contribution in [1.29, 1.82) is 0 Å². The van der Waals surface area contributed by atoms with Crippen LogP contribution in [0.1, 0.15) is 28.5 Å². The van der Waals surface area contributed by atoms with Crippen LogP contribution < -0.4 is 0 Å². The van der Waals surface area contributed by atoms with Gasteiger partial charge in [-0.1, -0.05) is 6.07 Å². The van der Waals surface area contributed by atoms with Crippen molar-refractivity contribution in [2.75, 3.05) is 6.54 Å². The van der Waals surface area contributed by atoms with Gasteiger partial charge < -0.3 is 4.90 Å². The molecule has 0 radical (unpaired) electrons. The summed E-state index contributed by atoms with van der Waals surface area (Å²) in [4.78, 5) is 13.5. The summed E-state index contributed by atoms with van der Waals surface area (Å²) in [5, 5.41) is 4.10. The van der Waals surface area contributed by atoms with Crippen molar-refractivity contribution < 1.29 is 22.4 Å². The van der Waals surface area contributed by atoms with Crippen molar-refractivity contribution >= 4 is 21.8 Å². The Labute approximate surface area is 149 Å². The van der Waals surface area contributed by atoms with Gasteiger partial charge in [-0.25, -0.2) is 17.6 Å². The Bertz CT molecular complexity index is 804. The smallest absolute Gasteiger partial charge is 0.275 e. The van der Waals surface area contributed by atoms with Crippen LogP contribution in [0.4, 0.5) is 17.6 Å². The monoisotopic (exact) mass is 419 g/mol. The molecule has 25 heavy (non-hydrogen) atoms. The molecule has 1 aliphatic rings. The summed E-state index contributed by atoms with van der Waals surface area (Å²) in [6.45, 7) is 1.19. The third-order valence-electron chi connectivity index (χ3n) is 4.27. The summed E-state index contributed by atoms with van der Waals surface area (Å²) in [5.74, 6) is -2.05. The van der Waals surface area contributed by atoms with Gasteiger partial charge >= 0.3 is 0 Å². The highest BCUT2D eigenvalue weighted by Gasteiger charge is 2.36. The summed E-state index contributed by atoms with van der Waals surface area (Å²) >= 11 is 3.29. The van der Waals surface area contributed by atoms with Crippen LogP contribution in [0.2, 0.25) is 0 Å². The van der Waals surface area contributed by atoms with Gasteiger partial charge in [0.25, 0.3) is 12.3 Å². The zero-order valence-corrected chi connectivity index (χ0v) is 14.7. The molecule has 0 aliphatic carbocycles. The molecule has 134 valence electrons. The van der Waals surface area contributed by atoms with Gasteiger partial charge in [-0.15, -0.1) is 0 Å². The molecule has 2 heterocycles. The Morgan fingerprint density at radius 3 is 2.52 bits per heavy atom. The predicted octanol–water partition coefficient (Wildman–Crippen LogP) is 3.62. The molecule has 0 fully saturated rings. The highest BCUT2D eigenvalue weighted by Crippen LogP contribution is 2.29. The maximum atomic E-state index is 13.8. The van der Waals surface area contributed by atoms with Crippen molar-refractivity contribution in [1.82, 2.24) is 14.7 Å². The lowest BCUT2D eigenvalue weighted by molar-refractivity contribution is 0.0254. The van der Waals surface area contributed by atoms with Crippen molar-refractivity contribution in [2.45, 2.75) is 32.4 Å². The average molecular weight is 420 g/mol. The molecule has 0 bridgehead atoms. The number of fused-ring (bicyclic) bond motifs is 1. The van der Waals surface area contributed by atoms with E-state index in [-0.39, 0.29) is 24.3 Å². The lowest BCUT2D eigenvalue weighted by atomic mass is 10.1. The van der Waals surface area contributed by atoms with E-state index in [2.05, 4.69) is 21.0 Å². The van der Waals surface area contributed by atoms with Gasteiger partial charge in [0, 0.05) is 17.7 Å². The third-order valence-corrected chi connectivity index (χ3v) is 5.16. The summed E-state index contributed by atoms with van der Waals surface area (Å²) in [7, 11) is 0. The predicted molar refractivity (Wildman–Crippen MR) is 85.6 cm³/mol. The van der Waals surface area contributed by atoms with Crippen LogP contribution in [0.3, 0.4) is 0 Å². The molecule has 0 saturated carbocycles. The second kappa shape index (κ2) is 6.78. The van der Waals surface area contributed by atoms with Crippen molar-refractivity contribution in [3.63, 3.8) is 0 Å². The number of carbonyl (C=O) groups is 1. The largest absolute Gasteiger partial charge is 0.328 e. The number of alkyl halides is 2. The number of nitrogens with zero attached hydrogens (tertiary/aromatic N) is 3. The van der Waals surface area contributed by atoms with Gasteiger partial charge in [0.2, 0.25) is 0 Å². The van der Waals surface area contributed by atoms with Crippen LogP contribution >= 0.6 is 15.9 Å². The van der Waals surface area contributed by atoms with Crippen molar-refractivity contribution in [3.05, 3.63) is 51.3 Å². The van der Waals surface area contributed by atoms with E-state index in [0.717, 1.165) is 17.0 Å². The normalized spacial score (nSPS) is 15.6. The van der Waals surface area contributed by atoms with E-state index in [1.807, 2.05) is 0 Å². The van der Waals surface area contributed by atoms with E-state index in [0.29, 0.717) is 16.6 Å². The van der Waals surface area contributed by atoms with Gasteiger partial charge in [-0.3, -0.25) is 9.48 Å². The average Bonchev–Trinajstić information content (AvgIpc) is 2.88. The molecule has 3 rings (SSSR count). The molecule has 1 atom stereocenters. The van der Waals surface area contributed by atoms with E-state index < -0.39 is 30.0 Å². The minimum atomic E-state index is -2.66. The Balaban J connectivity index is 1.94. The zero-order chi connectivity index (χ0) is 18.3. The number of halogens is 5. The quantitative estimate of drug-likeness (QED) is 0.709. The van der Waals surface area contributed by atoms with E-state index in [1.54, 1.807) is 0 Å². The van der Waals surface area contributed by atoms with Gasteiger partial charge in [0.1, 0.15) is 16.2 Å². The van der Waals surface area contributed by atoms with Gasteiger partial charge in [-0.2, -0.15) is 5.10 Å². The Hall–Kier alpha value is -1.90. The molecule has 1 amide bonds. The Morgan fingerprint density at radius 1 is 1.28 bits per heavy atom. The lowest BCUT2D eigenvalue weighted by Crippen LogP contribution is -2.46. The molecule has 0 saturated heterocycles. The molecule has 0 unspecified atom stereocenters. The van der Waals surface area contributed by atoms with E-state index >= 15 is 0 Å². The van der Waals surface area contributed by atoms with Crippen LogP contribution in [0, 0.1) is 11.6 Å². The highest BCUT2D eigenvalue weighted by molar-refractivity contribution is 9.10. The fourth-order valence-corrected chi connectivity index (χ4v) is 3.39. The fraction of sp³-hybridized carbons (Fsp3) is 0.375. The first-order valence-corrected chi connectivity index (χ1v) is 8.37. The number of aromatic nitrogens is 2. The third kappa shape index (κ3) is 3.17. The van der Waals surface area contributed by atoms with Crippen LogP contribution in [-0.4, -0.2) is 39.6 Å². The van der Waals surface area contributed by atoms with Gasteiger partial charge in [0.05, 0.1) is 12.6 Å². The molecule has 1 aromatic carbocycles. The van der Waals surface area contributed by atoms with Crippen molar-refractivity contribution in [3.8, 4) is 0 Å². The first kappa shape index (κ1) is 17.9. The maximum Gasteiger partial charge on any atom is 0.275 e. The molecule has 4 nitrogen and oxygen atoms in total. The van der Waals surface area contributed by atoms with Crippen LogP contribution in [-0.2, 0) is 13.0 Å². The van der Waals surface area contributed by atoms with E-state index in [4.69, 9.17) is 0 Å². The summed E-state index contributed by atoms with van der Waals surface area (Å²) in [5.41, 5.74) is 0.398. The standard InChI is InChI=1S/C16H14BrF4N3O/c1-8(15(20)21)23-6-5-9-13(16(23)25)22-24(14(9)17)7-10-11(18)3-2-4-12(10)19/h2-4,8,15H,5-7H2,1H3/t8-/m0/s1. The van der Waals surface area contributed by atoms with Crippen molar-refractivity contribution in [2.24, 2.45) is 0 Å². The molecule has 1 aliphatic heterocycles. The number of hydrogen-bond acceptors (Lipinski definition) is 2. The molecule has 1 aromatic heterocycles. The first-order valence-electron chi connectivity index (χ1n) is 7.58. The molecular weight excluding hydrogens is 406 g/mol. The van der Waals surface area contributed by atoms with E-state index in [1.165, 1.54) is 17.7 Å². The maximum absolute atomic E-state index is 13.8. The molecule has 0 N–H and O–H groups in total. The zero-order valence-electron chi connectivity index (χ0n) is 13.1. The minimum Gasteiger partial charge on any atom is -0.328 e. The topological polar surface area (TPSA) is 38.1 Å². The summed E-state index contributed by atoms with van der Waals surface area (Å²) in [6.07, 6.45) is -2.33. The Morgan fingerprint density at radius 2 is 1.92 bits per heavy atom.